The fourth-order valence-corrected chi connectivity index (χ4v) is 4.06. The van der Waals surface area contributed by atoms with E-state index in [9.17, 15) is 17.6 Å². The van der Waals surface area contributed by atoms with Crippen LogP contribution in [0.1, 0.15) is 16.2 Å². The Labute approximate surface area is 193 Å². The monoisotopic (exact) mass is 487 g/mol. The zero-order chi connectivity index (χ0) is 23.4. The summed E-state index contributed by atoms with van der Waals surface area (Å²) in [4.78, 5) is 16.4. The molecular weight excluding hydrogens is 473 g/mol. The second-order valence-electron chi connectivity index (χ2n) is 6.70. The van der Waals surface area contributed by atoms with Gasteiger partial charge in [0.2, 0.25) is 5.82 Å². The predicted molar refractivity (Wildman–Crippen MR) is 118 cm³/mol. The van der Waals surface area contributed by atoms with Crippen LogP contribution in [0.25, 0.3) is 11.4 Å². The predicted octanol–water partition coefficient (Wildman–Crippen LogP) is 4.69. The number of carbonyl (C=O) groups excluding carboxylic acids is 1. The third-order valence-electron chi connectivity index (χ3n) is 4.41. The van der Waals surface area contributed by atoms with Gasteiger partial charge in [-0.3, -0.25) is 4.72 Å². The lowest BCUT2D eigenvalue weighted by molar-refractivity contribution is 0.0430. The first-order valence-electron chi connectivity index (χ1n) is 9.45. The number of nitrogens with zero attached hydrogens (tertiary/aromatic N) is 2. The maximum atomic E-state index is 13.0. The van der Waals surface area contributed by atoms with Crippen LogP contribution in [0.4, 0.5) is 10.1 Å². The summed E-state index contributed by atoms with van der Waals surface area (Å²) in [6, 6.07) is 17.0. The van der Waals surface area contributed by atoms with Crippen LogP contribution in [0.3, 0.4) is 0 Å². The minimum atomic E-state index is -3.90. The lowest BCUT2D eigenvalue weighted by Crippen LogP contribution is -2.13. The van der Waals surface area contributed by atoms with Crippen LogP contribution < -0.4 is 4.72 Å². The van der Waals surface area contributed by atoms with Crippen molar-refractivity contribution in [3.8, 4) is 11.4 Å². The van der Waals surface area contributed by atoms with Crippen molar-refractivity contribution in [3.05, 3.63) is 95.1 Å². The van der Waals surface area contributed by atoms with Crippen LogP contribution in [0.2, 0.25) is 5.02 Å². The SMILES string of the molecule is O=C(OCc1nc(-c2ccccc2Cl)no1)c1ccc(NS(=O)(=O)c2ccc(F)cc2)cc1. The standard InChI is InChI=1S/C22H15ClFN3O5S/c23-19-4-2-1-3-18(19)21-25-20(32-26-21)13-31-22(28)14-5-9-16(10-6-14)27-33(29,30)17-11-7-15(24)8-12-17/h1-12,27H,13H2. The molecule has 168 valence electrons. The van der Waals surface area contributed by atoms with Gasteiger partial charge in [0.1, 0.15) is 5.82 Å². The molecule has 1 aromatic heterocycles. The third-order valence-corrected chi connectivity index (χ3v) is 6.13. The number of carbonyl (C=O) groups is 1. The summed E-state index contributed by atoms with van der Waals surface area (Å²) in [5.74, 6) is -0.857. The molecule has 1 N–H and O–H groups in total. The fourth-order valence-electron chi connectivity index (χ4n) is 2.78. The number of benzene rings is 3. The molecule has 33 heavy (non-hydrogen) atoms. The van der Waals surface area contributed by atoms with Gasteiger partial charge < -0.3 is 9.26 Å². The van der Waals surface area contributed by atoms with Gasteiger partial charge in [-0.05, 0) is 60.7 Å². The molecule has 0 aliphatic rings. The maximum absolute atomic E-state index is 13.0. The van der Waals surface area contributed by atoms with Gasteiger partial charge >= 0.3 is 5.97 Å². The topological polar surface area (TPSA) is 111 Å². The molecule has 0 unspecified atom stereocenters. The van der Waals surface area contributed by atoms with E-state index in [1.807, 2.05) is 0 Å². The largest absolute Gasteiger partial charge is 0.452 e. The molecule has 0 aliphatic carbocycles. The number of halogens is 2. The minimum Gasteiger partial charge on any atom is -0.452 e. The van der Waals surface area contributed by atoms with Crippen LogP contribution in [-0.4, -0.2) is 24.5 Å². The molecule has 0 fully saturated rings. The Bertz CT molecular complexity index is 1390. The second-order valence-corrected chi connectivity index (χ2v) is 8.79. The lowest BCUT2D eigenvalue weighted by Gasteiger charge is -2.09. The molecule has 8 nitrogen and oxygen atoms in total. The number of ether oxygens (including phenoxy) is 1. The third kappa shape index (κ3) is 5.36. The van der Waals surface area contributed by atoms with E-state index in [4.69, 9.17) is 20.9 Å². The molecule has 4 aromatic rings. The van der Waals surface area contributed by atoms with E-state index in [2.05, 4.69) is 14.9 Å². The molecule has 0 atom stereocenters. The van der Waals surface area contributed by atoms with Gasteiger partial charge in [-0.2, -0.15) is 4.98 Å². The Morgan fingerprint density at radius 2 is 1.73 bits per heavy atom. The first-order valence-corrected chi connectivity index (χ1v) is 11.3. The highest BCUT2D eigenvalue weighted by Crippen LogP contribution is 2.25. The van der Waals surface area contributed by atoms with Crippen molar-refractivity contribution in [1.82, 2.24) is 10.1 Å². The van der Waals surface area contributed by atoms with E-state index in [0.717, 1.165) is 24.3 Å². The number of rotatable bonds is 7. The van der Waals surface area contributed by atoms with E-state index in [0.29, 0.717) is 10.6 Å². The Morgan fingerprint density at radius 1 is 1.03 bits per heavy atom. The zero-order valence-corrected chi connectivity index (χ0v) is 18.3. The number of aromatic nitrogens is 2. The van der Waals surface area contributed by atoms with Crippen molar-refractivity contribution in [1.29, 1.82) is 0 Å². The van der Waals surface area contributed by atoms with E-state index in [1.54, 1.807) is 24.3 Å². The maximum Gasteiger partial charge on any atom is 0.338 e. The van der Waals surface area contributed by atoms with Gasteiger partial charge in [0, 0.05) is 11.3 Å². The van der Waals surface area contributed by atoms with Crippen molar-refractivity contribution in [2.45, 2.75) is 11.5 Å². The highest BCUT2D eigenvalue weighted by Gasteiger charge is 2.16. The summed E-state index contributed by atoms with van der Waals surface area (Å²) in [6.07, 6.45) is 0. The normalized spacial score (nSPS) is 11.2. The Kier molecular flexibility index (Phi) is 6.38. The van der Waals surface area contributed by atoms with Gasteiger partial charge in [-0.1, -0.05) is 28.9 Å². The molecule has 0 saturated carbocycles. The first kappa shape index (κ1) is 22.4. The Morgan fingerprint density at radius 3 is 2.42 bits per heavy atom. The summed E-state index contributed by atoms with van der Waals surface area (Å²) >= 11 is 6.10. The second kappa shape index (κ2) is 9.39. The molecule has 4 rings (SSSR count). The fraction of sp³-hybridized carbons (Fsp3) is 0.0455. The van der Waals surface area contributed by atoms with E-state index < -0.39 is 21.8 Å². The lowest BCUT2D eigenvalue weighted by atomic mass is 10.2. The van der Waals surface area contributed by atoms with Crippen LogP contribution in [-0.2, 0) is 21.4 Å². The van der Waals surface area contributed by atoms with E-state index >= 15 is 0 Å². The van der Waals surface area contributed by atoms with Crippen LogP contribution in [0.5, 0.6) is 0 Å². The first-order chi connectivity index (χ1) is 15.8. The molecule has 3 aromatic carbocycles. The number of hydrogen-bond acceptors (Lipinski definition) is 7. The number of anilines is 1. The van der Waals surface area contributed by atoms with Gasteiger partial charge in [0.25, 0.3) is 15.9 Å². The summed E-state index contributed by atoms with van der Waals surface area (Å²) in [6.45, 7) is -0.255. The van der Waals surface area contributed by atoms with Gasteiger partial charge in [0.15, 0.2) is 6.61 Å². The molecule has 0 saturated heterocycles. The number of esters is 1. The molecule has 11 heteroatoms. The van der Waals surface area contributed by atoms with Crippen LogP contribution >= 0.6 is 11.6 Å². The quantitative estimate of drug-likeness (QED) is 0.376. The molecule has 0 radical (unpaired) electrons. The van der Waals surface area contributed by atoms with Crippen molar-refractivity contribution < 1.29 is 26.9 Å². The van der Waals surface area contributed by atoms with E-state index in [-0.39, 0.29) is 34.5 Å². The van der Waals surface area contributed by atoms with Crippen molar-refractivity contribution >= 4 is 33.3 Å². The van der Waals surface area contributed by atoms with Crippen LogP contribution in [0, 0.1) is 5.82 Å². The number of sulfonamides is 1. The molecule has 0 amide bonds. The Hall–Kier alpha value is -3.76. The molecule has 0 bridgehead atoms. The smallest absolute Gasteiger partial charge is 0.338 e. The van der Waals surface area contributed by atoms with Crippen molar-refractivity contribution in [2.24, 2.45) is 0 Å². The van der Waals surface area contributed by atoms with Crippen molar-refractivity contribution in [3.63, 3.8) is 0 Å². The van der Waals surface area contributed by atoms with Gasteiger partial charge in [-0.15, -0.1) is 0 Å². The van der Waals surface area contributed by atoms with Gasteiger partial charge in [0.05, 0.1) is 15.5 Å². The molecule has 0 spiro atoms. The van der Waals surface area contributed by atoms with Crippen LogP contribution in [0.15, 0.2) is 82.2 Å². The molecule has 1 heterocycles. The summed E-state index contributed by atoms with van der Waals surface area (Å²) in [5.41, 5.74) is 0.988. The molecular formula is C22H15ClFN3O5S. The highest BCUT2D eigenvalue weighted by molar-refractivity contribution is 7.92. The number of hydrogen-bond donors (Lipinski definition) is 1. The average Bonchev–Trinajstić information content (AvgIpc) is 3.27. The summed E-state index contributed by atoms with van der Waals surface area (Å²) in [7, 11) is -3.90. The number of nitrogens with one attached hydrogen (secondary N) is 1. The molecule has 0 aliphatic heterocycles. The summed E-state index contributed by atoms with van der Waals surface area (Å²) < 4.78 is 50.3. The van der Waals surface area contributed by atoms with Gasteiger partial charge in [-0.25, -0.2) is 17.6 Å². The average molecular weight is 488 g/mol. The Balaban J connectivity index is 1.37. The zero-order valence-electron chi connectivity index (χ0n) is 16.7. The highest BCUT2D eigenvalue weighted by atomic mass is 35.5. The summed E-state index contributed by atoms with van der Waals surface area (Å²) in [5, 5.41) is 4.28. The van der Waals surface area contributed by atoms with Crippen molar-refractivity contribution in [2.75, 3.05) is 4.72 Å². The minimum absolute atomic E-state index is 0.0851. The van der Waals surface area contributed by atoms with E-state index in [1.165, 1.54) is 24.3 Å².